The van der Waals surface area contributed by atoms with Crippen LogP contribution in [0.2, 0.25) is 5.02 Å². The SMILES string of the molecule is CC(C)C(O)(Cc1ncn[nH]1)C1(C)CC1c1ccc(Cl)cc1. The van der Waals surface area contributed by atoms with Crippen LogP contribution in [0.3, 0.4) is 0 Å². The molecule has 5 heteroatoms. The van der Waals surface area contributed by atoms with E-state index in [0.29, 0.717) is 12.3 Å². The topological polar surface area (TPSA) is 61.8 Å². The fourth-order valence-electron chi connectivity index (χ4n) is 3.66. The van der Waals surface area contributed by atoms with Crippen molar-refractivity contribution in [3.05, 3.63) is 47.0 Å². The third-order valence-corrected chi connectivity index (χ3v) is 5.61. The van der Waals surface area contributed by atoms with Crippen LogP contribution in [-0.2, 0) is 6.42 Å². The van der Waals surface area contributed by atoms with Crippen LogP contribution in [0.1, 0.15) is 44.5 Å². The zero-order valence-corrected chi connectivity index (χ0v) is 13.9. The van der Waals surface area contributed by atoms with E-state index in [1.807, 2.05) is 12.1 Å². The number of halogens is 1. The van der Waals surface area contributed by atoms with Gasteiger partial charge in [0.05, 0.1) is 5.60 Å². The van der Waals surface area contributed by atoms with Crippen molar-refractivity contribution in [3.8, 4) is 0 Å². The standard InChI is InChI=1S/C17H22ClN3O/c1-11(2)17(22,9-15-19-10-20-21-15)16(3)8-14(16)12-4-6-13(18)7-5-12/h4-7,10-11,14,22H,8-9H2,1-3H3,(H,19,20,21). The number of hydrogen-bond acceptors (Lipinski definition) is 3. The number of hydrogen-bond donors (Lipinski definition) is 2. The number of H-pyrrole nitrogens is 1. The number of aromatic amines is 1. The Kier molecular flexibility index (Phi) is 3.77. The molecule has 0 spiro atoms. The van der Waals surface area contributed by atoms with Gasteiger partial charge < -0.3 is 5.11 Å². The molecule has 1 fully saturated rings. The maximum atomic E-state index is 11.4. The summed E-state index contributed by atoms with van der Waals surface area (Å²) < 4.78 is 0. The van der Waals surface area contributed by atoms with Crippen molar-refractivity contribution in [2.45, 2.75) is 45.1 Å². The quantitative estimate of drug-likeness (QED) is 0.885. The number of nitrogens with one attached hydrogen (secondary N) is 1. The Labute approximate surface area is 135 Å². The summed E-state index contributed by atoms with van der Waals surface area (Å²) in [5, 5.41) is 18.9. The minimum atomic E-state index is -0.823. The van der Waals surface area contributed by atoms with E-state index in [0.717, 1.165) is 17.3 Å². The lowest BCUT2D eigenvalue weighted by Crippen LogP contribution is -2.46. The van der Waals surface area contributed by atoms with Crippen LogP contribution in [0, 0.1) is 11.3 Å². The molecule has 0 saturated heterocycles. The summed E-state index contributed by atoms with van der Waals surface area (Å²) in [6.07, 6.45) is 2.95. The fraction of sp³-hybridized carbons (Fsp3) is 0.529. The van der Waals surface area contributed by atoms with E-state index in [1.165, 1.54) is 11.9 Å². The van der Waals surface area contributed by atoms with Gasteiger partial charge in [0.25, 0.3) is 0 Å². The van der Waals surface area contributed by atoms with E-state index >= 15 is 0 Å². The van der Waals surface area contributed by atoms with Gasteiger partial charge in [0.1, 0.15) is 12.2 Å². The molecule has 0 amide bonds. The molecule has 1 saturated carbocycles. The minimum absolute atomic E-state index is 0.125. The van der Waals surface area contributed by atoms with E-state index in [1.54, 1.807) is 0 Å². The van der Waals surface area contributed by atoms with Crippen LogP contribution in [0.15, 0.2) is 30.6 Å². The van der Waals surface area contributed by atoms with Crippen molar-refractivity contribution in [2.75, 3.05) is 0 Å². The van der Waals surface area contributed by atoms with Gasteiger partial charge in [-0.25, -0.2) is 4.98 Å². The highest BCUT2D eigenvalue weighted by Crippen LogP contribution is 2.67. The molecular formula is C17H22ClN3O. The molecule has 1 aromatic carbocycles. The van der Waals surface area contributed by atoms with Gasteiger partial charge >= 0.3 is 0 Å². The summed E-state index contributed by atoms with van der Waals surface area (Å²) in [5.74, 6) is 1.21. The first-order chi connectivity index (χ1) is 10.4. The number of aliphatic hydroxyl groups is 1. The molecule has 0 radical (unpaired) electrons. The third-order valence-electron chi connectivity index (χ3n) is 5.36. The van der Waals surface area contributed by atoms with E-state index in [4.69, 9.17) is 11.6 Å². The van der Waals surface area contributed by atoms with Gasteiger partial charge in [-0.2, -0.15) is 5.10 Å². The normalized spacial score (nSPS) is 26.9. The molecule has 22 heavy (non-hydrogen) atoms. The molecule has 1 aliphatic carbocycles. The Morgan fingerprint density at radius 1 is 1.41 bits per heavy atom. The molecule has 2 N–H and O–H groups in total. The van der Waals surface area contributed by atoms with Gasteiger partial charge in [0.15, 0.2) is 0 Å². The lowest BCUT2D eigenvalue weighted by molar-refractivity contribution is -0.0689. The smallest absolute Gasteiger partial charge is 0.137 e. The summed E-state index contributed by atoms with van der Waals surface area (Å²) in [7, 11) is 0. The van der Waals surface area contributed by atoms with Crippen molar-refractivity contribution >= 4 is 11.6 Å². The number of nitrogens with zero attached hydrogens (tertiary/aromatic N) is 2. The zero-order chi connectivity index (χ0) is 16.0. The predicted octanol–water partition coefficient (Wildman–Crippen LogP) is 3.58. The first kappa shape index (κ1) is 15.5. The van der Waals surface area contributed by atoms with Crippen molar-refractivity contribution < 1.29 is 5.11 Å². The van der Waals surface area contributed by atoms with Gasteiger partial charge in [-0.1, -0.05) is 44.5 Å². The second-order valence-electron chi connectivity index (χ2n) is 6.91. The van der Waals surface area contributed by atoms with Crippen molar-refractivity contribution in [1.29, 1.82) is 0 Å². The molecule has 4 nitrogen and oxygen atoms in total. The highest BCUT2D eigenvalue weighted by molar-refractivity contribution is 6.30. The molecule has 1 heterocycles. The summed E-state index contributed by atoms with van der Waals surface area (Å²) in [5.41, 5.74) is 0.252. The first-order valence-electron chi connectivity index (χ1n) is 7.69. The Morgan fingerprint density at radius 3 is 2.64 bits per heavy atom. The summed E-state index contributed by atoms with van der Waals surface area (Å²) in [6, 6.07) is 7.96. The van der Waals surface area contributed by atoms with Gasteiger partial charge in [-0.05, 0) is 36.0 Å². The molecule has 0 aliphatic heterocycles. The molecule has 3 unspecified atom stereocenters. The highest BCUT2D eigenvalue weighted by Gasteiger charge is 2.64. The fourth-order valence-corrected chi connectivity index (χ4v) is 3.79. The van der Waals surface area contributed by atoms with Crippen molar-refractivity contribution in [2.24, 2.45) is 11.3 Å². The van der Waals surface area contributed by atoms with Gasteiger partial charge in [0, 0.05) is 16.9 Å². The molecule has 1 aromatic heterocycles. The zero-order valence-electron chi connectivity index (χ0n) is 13.2. The predicted molar refractivity (Wildman–Crippen MR) is 86.8 cm³/mol. The van der Waals surface area contributed by atoms with Crippen LogP contribution in [0.5, 0.6) is 0 Å². The van der Waals surface area contributed by atoms with Crippen LogP contribution in [0.25, 0.3) is 0 Å². The van der Waals surface area contributed by atoms with Crippen LogP contribution in [-0.4, -0.2) is 25.9 Å². The summed E-state index contributed by atoms with van der Waals surface area (Å²) in [6.45, 7) is 6.31. The van der Waals surface area contributed by atoms with Crippen LogP contribution in [0.4, 0.5) is 0 Å². The Bertz CT molecular complexity index is 640. The average Bonchev–Trinajstić information content (AvgIpc) is 2.94. The Morgan fingerprint density at radius 2 is 2.09 bits per heavy atom. The van der Waals surface area contributed by atoms with Crippen LogP contribution < -0.4 is 0 Å². The Balaban J connectivity index is 1.87. The molecule has 3 rings (SSSR count). The molecule has 118 valence electrons. The number of benzene rings is 1. The molecular weight excluding hydrogens is 298 g/mol. The molecule has 3 atom stereocenters. The van der Waals surface area contributed by atoms with Crippen molar-refractivity contribution in [3.63, 3.8) is 0 Å². The van der Waals surface area contributed by atoms with E-state index in [9.17, 15) is 5.11 Å². The summed E-state index contributed by atoms with van der Waals surface area (Å²) in [4.78, 5) is 4.19. The number of rotatable bonds is 5. The lowest BCUT2D eigenvalue weighted by atomic mass is 9.72. The third kappa shape index (κ3) is 2.44. The first-order valence-corrected chi connectivity index (χ1v) is 8.07. The monoisotopic (exact) mass is 319 g/mol. The number of aromatic nitrogens is 3. The highest BCUT2D eigenvalue weighted by atomic mass is 35.5. The maximum absolute atomic E-state index is 11.4. The van der Waals surface area contributed by atoms with E-state index in [-0.39, 0.29) is 11.3 Å². The van der Waals surface area contributed by atoms with E-state index in [2.05, 4.69) is 48.1 Å². The van der Waals surface area contributed by atoms with Gasteiger partial charge in [-0.3, -0.25) is 5.10 Å². The largest absolute Gasteiger partial charge is 0.389 e. The second kappa shape index (κ2) is 5.36. The Hall–Kier alpha value is -1.39. The van der Waals surface area contributed by atoms with Crippen LogP contribution >= 0.6 is 11.6 Å². The lowest BCUT2D eigenvalue weighted by Gasteiger charge is -2.39. The minimum Gasteiger partial charge on any atom is -0.389 e. The molecule has 2 aromatic rings. The van der Waals surface area contributed by atoms with Crippen molar-refractivity contribution in [1.82, 2.24) is 15.2 Å². The van der Waals surface area contributed by atoms with Gasteiger partial charge in [0.2, 0.25) is 0 Å². The average molecular weight is 320 g/mol. The van der Waals surface area contributed by atoms with E-state index < -0.39 is 5.60 Å². The molecule has 1 aliphatic rings. The maximum Gasteiger partial charge on any atom is 0.137 e. The van der Waals surface area contributed by atoms with Gasteiger partial charge in [-0.15, -0.1) is 0 Å². The second-order valence-corrected chi connectivity index (χ2v) is 7.35. The molecule has 0 bridgehead atoms. The summed E-state index contributed by atoms with van der Waals surface area (Å²) >= 11 is 5.97.